The van der Waals surface area contributed by atoms with Crippen LogP contribution >= 0.6 is 0 Å². The van der Waals surface area contributed by atoms with Crippen molar-refractivity contribution in [3.63, 3.8) is 0 Å². The summed E-state index contributed by atoms with van der Waals surface area (Å²) in [6.45, 7) is 6.25. The number of hydrogen-bond acceptors (Lipinski definition) is 5. The van der Waals surface area contributed by atoms with Crippen LogP contribution in [0.4, 0.5) is 4.39 Å². The second kappa shape index (κ2) is 7.10. The Morgan fingerprint density at radius 3 is 2.72 bits per heavy atom. The van der Waals surface area contributed by atoms with E-state index in [9.17, 15) is 0 Å². The van der Waals surface area contributed by atoms with Gasteiger partial charge < -0.3 is 9.32 Å². The fourth-order valence-corrected chi connectivity index (χ4v) is 5.68. The van der Waals surface area contributed by atoms with E-state index < -0.39 is 0 Å². The molecule has 1 atom stereocenters. The predicted molar refractivity (Wildman–Crippen MR) is 121 cm³/mol. The van der Waals surface area contributed by atoms with Crippen molar-refractivity contribution in [3.8, 4) is 11.3 Å². The van der Waals surface area contributed by atoms with Gasteiger partial charge in [-0.05, 0) is 95.3 Å². The maximum atomic E-state index is 15.1. The number of fused-ring (bicyclic) bond motifs is 2. The van der Waals surface area contributed by atoms with Crippen molar-refractivity contribution < 1.29 is 8.81 Å². The van der Waals surface area contributed by atoms with E-state index in [0.717, 1.165) is 42.8 Å². The molecule has 1 aliphatic heterocycles. The Kier molecular flexibility index (Phi) is 4.41. The van der Waals surface area contributed by atoms with Gasteiger partial charge in [-0.1, -0.05) is 0 Å². The number of halogens is 1. The molecule has 2 fully saturated rings. The lowest BCUT2D eigenvalue weighted by molar-refractivity contribution is 0.125. The van der Waals surface area contributed by atoms with Gasteiger partial charge in [0, 0.05) is 11.5 Å². The molecule has 1 saturated heterocycles. The summed E-state index contributed by atoms with van der Waals surface area (Å²) >= 11 is 0. The van der Waals surface area contributed by atoms with Crippen molar-refractivity contribution in [3.05, 3.63) is 47.4 Å². The first-order valence-electron chi connectivity index (χ1n) is 11.5. The van der Waals surface area contributed by atoms with Gasteiger partial charge in [0.2, 0.25) is 0 Å². The number of piperidine rings is 1. The van der Waals surface area contributed by atoms with Crippen molar-refractivity contribution in [2.45, 2.75) is 51.9 Å². The molecule has 0 N–H and O–H groups in total. The second-order valence-electron chi connectivity index (χ2n) is 9.96. The Bertz CT molecular complexity index is 1330. The fraction of sp³-hybridized carbons (Fsp3) is 0.480. The number of aromatic nitrogens is 4. The maximum Gasteiger partial charge on any atom is 0.198 e. The molecule has 166 valence electrons. The van der Waals surface area contributed by atoms with Crippen LogP contribution in [0.1, 0.15) is 55.2 Å². The van der Waals surface area contributed by atoms with E-state index in [1.54, 1.807) is 4.52 Å². The fourth-order valence-electron chi connectivity index (χ4n) is 5.68. The summed E-state index contributed by atoms with van der Waals surface area (Å²) in [6, 6.07) is 5.33. The van der Waals surface area contributed by atoms with Crippen molar-refractivity contribution >= 4 is 16.7 Å². The lowest BCUT2D eigenvalue weighted by Crippen LogP contribution is -2.36. The molecule has 4 aromatic rings. The molecule has 32 heavy (non-hydrogen) atoms. The Balaban J connectivity index is 1.34. The zero-order valence-corrected chi connectivity index (χ0v) is 18.9. The van der Waals surface area contributed by atoms with Crippen LogP contribution in [0.3, 0.4) is 0 Å². The predicted octanol–water partition coefficient (Wildman–Crippen LogP) is 5.27. The summed E-state index contributed by atoms with van der Waals surface area (Å²) in [6.07, 6.45) is 7.74. The molecule has 0 bridgehead atoms. The van der Waals surface area contributed by atoms with Crippen molar-refractivity contribution in [1.82, 2.24) is 24.5 Å². The Hall–Kier alpha value is -2.80. The number of rotatable bonds is 2. The average Bonchev–Trinajstić information content (AvgIpc) is 3.47. The van der Waals surface area contributed by atoms with Crippen LogP contribution < -0.4 is 0 Å². The standard InChI is InChI=1S/C25H28FN5O/c1-15-10-20(29-31-14-16(2)27-23(15)31)18-11-19(26)22-21(12-18)32-24(28-22)17-4-5-25(13-17)6-8-30(3)9-7-25/h10-12,14,17H,4-9,13H2,1-3H3/t17-/m1/s1. The second-order valence-corrected chi connectivity index (χ2v) is 9.96. The van der Waals surface area contributed by atoms with Gasteiger partial charge in [0.15, 0.2) is 22.9 Å². The van der Waals surface area contributed by atoms with E-state index in [2.05, 4.69) is 27.0 Å². The number of benzene rings is 1. The molecule has 4 heterocycles. The van der Waals surface area contributed by atoms with Gasteiger partial charge in [0.1, 0.15) is 5.52 Å². The summed E-state index contributed by atoms with van der Waals surface area (Å²) < 4.78 is 23.0. The first-order valence-corrected chi connectivity index (χ1v) is 11.5. The van der Waals surface area contributed by atoms with Crippen LogP contribution in [0.2, 0.25) is 0 Å². The molecule has 7 heteroatoms. The SMILES string of the molecule is Cc1cn2nc(-c3cc(F)c4nc([C@@H]5CCC6(CCN(C)CC6)C5)oc4c3)cc(C)c2n1. The van der Waals surface area contributed by atoms with E-state index in [1.807, 2.05) is 32.2 Å². The number of hydrogen-bond donors (Lipinski definition) is 0. The third-order valence-corrected chi connectivity index (χ3v) is 7.59. The summed E-state index contributed by atoms with van der Waals surface area (Å²) in [5.74, 6) is 0.608. The highest BCUT2D eigenvalue weighted by molar-refractivity contribution is 5.80. The summed E-state index contributed by atoms with van der Waals surface area (Å²) in [5.41, 5.74) is 5.32. The first-order chi connectivity index (χ1) is 15.4. The highest BCUT2D eigenvalue weighted by atomic mass is 19.1. The van der Waals surface area contributed by atoms with Gasteiger partial charge >= 0.3 is 0 Å². The van der Waals surface area contributed by atoms with Gasteiger partial charge in [0.25, 0.3) is 0 Å². The quantitative estimate of drug-likeness (QED) is 0.431. The van der Waals surface area contributed by atoms with Crippen LogP contribution in [-0.2, 0) is 0 Å². The normalized spacial score (nSPS) is 21.3. The van der Waals surface area contributed by atoms with Gasteiger partial charge in [-0.3, -0.25) is 0 Å². The summed E-state index contributed by atoms with van der Waals surface area (Å²) in [7, 11) is 2.20. The Morgan fingerprint density at radius 2 is 1.91 bits per heavy atom. The molecule has 0 amide bonds. The molecular weight excluding hydrogens is 405 g/mol. The zero-order chi connectivity index (χ0) is 22.0. The van der Waals surface area contributed by atoms with Crippen molar-refractivity contribution in [2.24, 2.45) is 5.41 Å². The van der Waals surface area contributed by atoms with Crippen LogP contribution in [0.5, 0.6) is 0 Å². The van der Waals surface area contributed by atoms with E-state index >= 15 is 4.39 Å². The molecule has 1 aliphatic carbocycles. The number of imidazole rings is 1. The van der Waals surface area contributed by atoms with E-state index in [0.29, 0.717) is 33.7 Å². The highest BCUT2D eigenvalue weighted by Crippen LogP contribution is 2.52. The third kappa shape index (κ3) is 3.22. The molecule has 6 nitrogen and oxygen atoms in total. The van der Waals surface area contributed by atoms with Gasteiger partial charge in [0.05, 0.1) is 17.6 Å². The van der Waals surface area contributed by atoms with Crippen molar-refractivity contribution in [1.29, 1.82) is 0 Å². The summed E-state index contributed by atoms with van der Waals surface area (Å²) in [4.78, 5) is 11.5. The van der Waals surface area contributed by atoms with Gasteiger partial charge in [-0.2, -0.15) is 5.10 Å². The number of likely N-dealkylation sites (tertiary alicyclic amines) is 1. The van der Waals surface area contributed by atoms with Crippen LogP contribution in [0.15, 0.2) is 28.8 Å². The molecule has 3 aromatic heterocycles. The minimum absolute atomic E-state index is 0.277. The van der Waals surface area contributed by atoms with E-state index in [4.69, 9.17) is 4.42 Å². The minimum atomic E-state index is -0.360. The molecule has 1 spiro atoms. The molecule has 1 saturated carbocycles. The highest BCUT2D eigenvalue weighted by Gasteiger charge is 2.42. The third-order valence-electron chi connectivity index (χ3n) is 7.59. The van der Waals surface area contributed by atoms with Crippen molar-refractivity contribution in [2.75, 3.05) is 20.1 Å². The smallest absolute Gasteiger partial charge is 0.198 e. The molecule has 1 aromatic carbocycles. The first kappa shape index (κ1) is 19.9. The number of aryl methyl sites for hydroxylation is 2. The van der Waals surface area contributed by atoms with Crippen LogP contribution in [0.25, 0.3) is 28.0 Å². The van der Waals surface area contributed by atoms with E-state index in [1.165, 1.54) is 25.3 Å². The molecule has 0 unspecified atom stereocenters. The number of oxazole rings is 1. The average molecular weight is 434 g/mol. The maximum absolute atomic E-state index is 15.1. The molecule has 2 aliphatic rings. The minimum Gasteiger partial charge on any atom is -0.440 e. The van der Waals surface area contributed by atoms with Crippen LogP contribution in [-0.4, -0.2) is 44.6 Å². The molecule has 6 rings (SSSR count). The molecular formula is C25H28FN5O. The Labute approximate surface area is 186 Å². The van der Waals surface area contributed by atoms with Crippen LogP contribution in [0, 0.1) is 25.1 Å². The molecule has 0 radical (unpaired) electrons. The largest absolute Gasteiger partial charge is 0.440 e. The lowest BCUT2D eigenvalue weighted by Gasteiger charge is -2.37. The lowest BCUT2D eigenvalue weighted by atomic mass is 9.76. The Morgan fingerprint density at radius 1 is 1.09 bits per heavy atom. The van der Waals surface area contributed by atoms with Gasteiger partial charge in [-0.25, -0.2) is 18.9 Å². The van der Waals surface area contributed by atoms with E-state index in [-0.39, 0.29) is 11.7 Å². The number of nitrogens with zero attached hydrogens (tertiary/aromatic N) is 5. The summed E-state index contributed by atoms with van der Waals surface area (Å²) in [5, 5.41) is 4.64. The topological polar surface area (TPSA) is 59.5 Å². The monoisotopic (exact) mass is 433 g/mol. The zero-order valence-electron chi connectivity index (χ0n) is 18.9. The van der Waals surface area contributed by atoms with Gasteiger partial charge in [-0.15, -0.1) is 0 Å².